The van der Waals surface area contributed by atoms with Crippen molar-refractivity contribution in [3.63, 3.8) is 0 Å². The van der Waals surface area contributed by atoms with Crippen molar-refractivity contribution >= 4 is 45.9 Å². The van der Waals surface area contributed by atoms with Crippen LogP contribution >= 0.6 is 11.6 Å². The van der Waals surface area contributed by atoms with Gasteiger partial charge in [-0.1, -0.05) is 11.6 Å². The highest BCUT2D eigenvalue weighted by atomic mass is 35.5. The lowest BCUT2D eigenvalue weighted by atomic mass is 10.1. The van der Waals surface area contributed by atoms with E-state index in [9.17, 15) is 14.4 Å². The van der Waals surface area contributed by atoms with Gasteiger partial charge in [0.05, 0.1) is 28.9 Å². The Hall–Kier alpha value is -2.47. The average molecular weight is 305 g/mol. The number of hydrogen-bond acceptors (Lipinski definition) is 5. The van der Waals surface area contributed by atoms with Gasteiger partial charge in [0.15, 0.2) is 0 Å². The fourth-order valence-corrected chi connectivity index (χ4v) is 2.47. The molecule has 1 aromatic heterocycles. The molecule has 2 heterocycles. The highest BCUT2D eigenvalue weighted by molar-refractivity contribution is 6.55. The fourth-order valence-electron chi connectivity index (χ4n) is 2.20. The number of fused-ring (bicyclic) bond motifs is 3. The molecule has 1 aromatic carbocycles. The molecule has 1 amide bonds. The van der Waals surface area contributed by atoms with Crippen molar-refractivity contribution in [2.45, 2.75) is 6.92 Å². The van der Waals surface area contributed by atoms with Gasteiger partial charge in [-0.05, 0) is 25.1 Å². The van der Waals surface area contributed by atoms with Gasteiger partial charge in [0, 0.05) is 5.39 Å². The van der Waals surface area contributed by atoms with Gasteiger partial charge in [0.1, 0.15) is 5.15 Å². The number of carbonyl (C=O) groups is 3. The second-order valence-electron chi connectivity index (χ2n) is 4.39. The summed E-state index contributed by atoms with van der Waals surface area (Å²) in [7, 11) is 0. The Morgan fingerprint density at radius 1 is 1.38 bits per heavy atom. The molecule has 1 aliphatic heterocycles. The number of carbonyl (C=O) groups excluding carboxylic acids is 3. The third-order valence-electron chi connectivity index (χ3n) is 3.12. The summed E-state index contributed by atoms with van der Waals surface area (Å²) in [5.41, 5.74) is 1.12. The lowest BCUT2D eigenvalue weighted by Crippen LogP contribution is -2.12. The first-order valence-corrected chi connectivity index (χ1v) is 6.56. The molecule has 2 aromatic rings. The summed E-state index contributed by atoms with van der Waals surface area (Å²) in [6.45, 7) is 1.97. The van der Waals surface area contributed by atoms with E-state index >= 15 is 0 Å². The molecule has 0 atom stereocenters. The van der Waals surface area contributed by atoms with E-state index in [-0.39, 0.29) is 17.3 Å². The number of esters is 1. The van der Waals surface area contributed by atoms with E-state index in [0.29, 0.717) is 22.2 Å². The Labute approximate surface area is 124 Å². The van der Waals surface area contributed by atoms with Gasteiger partial charge in [-0.15, -0.1) is 0 Å². The van der Waals surface area contributed by atoms with Crippen LogP contribution in [0.3, 0.4) is 0 Å². The van der Waals surface area contributed by atoms with Gasteiger partial charge in [-0.25, -0.2) is 9.78 Å². The molecule has 0 bridgehead atoms. The SMILES string of the molecule is CCOC(=O)c1ccc2c3c(c(Cl)nc2c1)C(=O)C(=O)N3. The number of nitrogens with zero attached hydrogens (tertiary/aromatic N) is 1. The molecule has 0 saturated heterocycles. The van der Waals surface area contributed by atoms with Crippen LogP contribution in [-0.2, 0) is 9.53 Å². The number of amides is 1. The summed E-state index contributed by atoms with van der Waals surface area (Å²) in [5, 5.41) is 2.95. The second-order valence-corrected chi connectivity index (χ2v) is 4.75. The van der Waals surface area contributed by atoms with Crippen LogP contribution in [0.2, 0.25) is 5.15 Å². The molecule has 0 saturated carbocycles. The highest BCUT2D eigenvalue weighted by Gasteiger charge is 2.33. The van der Waals surface area contributed by atoms with Gasteiger partial charge in [0.25, 0.3) is 11.7 Å². The number of aromatic nitrogens is 1. The zero-order valence-corrected chi connectivity index (χ0v) is 11.7. The van der Waals surface area contributed by atoms with Crippen molar-refractivity contribution in [2.24, 2.45) is 0 Å². The topological polar surface area (TPSA) is 85.4 Å². The Kier molecular flexibility index (Phi) is 3.10. The predicted molar refractivity (Wildman–Crippen MR) is 75.7 cm³/mol. The lowest BCUT2D eigenvalue weighted by Gasteiger charge is -2.07. The average Bonchev–Trinajstić information content (AvgIpc) is 2.75. The summed E-state index contributed by atoms with van der Waals surface area (Å²) >= 11 is 5.96. The first kappa shape index (κ1) is 13.5. The number of benzene rings is 1. The first-order chi connectivity index (χ1) is 10.0. The number of Topliss-reactive ketones (excluding diaryl/α,β-unsaturated/α-hetero) is 1. The molecule has 0 unspecified atom stereocenters. The second kappa shape index (κ2) is 4.82. The van der Waals surface area contributed by atoms with Crippen molar-refractivity contribution in [1.29, 1.82) is 0 Å². The van der Waals surface area contributed by atoms with Crippen molar-refractivity contribution in [3.05, 3.63) is 34.5 Å². The van der Waals surface area contributed by atoms with Crippen molar-refractivity contribution in [1.82, 2.24) is 4.98 Å². The number of ether oxygens (including phenoxy) is 1. The van der Waals surface area contributed by atoms with Crippen LogP contribution in [0.25, 0.3) is 10.9 Å². The van der Waals surface area contributed by atoms with E-state index in [2.05, 4.69) is 10.3 Å². The van der Waals surface area contributed by atoms with Crippen molar-refractivity contribution < 1.29 is 19.1 Å². The maximum atomic E-state index is 11.7. The van der Waals surface area contributed by atoms with Crippen LogP contribution < -0.4 is 5.32 Å². The number of rotatable bonds is 2. The van der Waals surface area contributed by atoms with E-state index in [4.69, 9.17) is 16.3 Å². The summed E-state index contributed by atoms with van der Waals surface area (Å²) in [6.07, 6.45) is 0. The molecule has 21 heavy (non-hydrogen) atoms. The Morgan fingerprint density at radius 3 is 2.86 bits per heavy atom. The highest BCUT2D eigenvalue weighted by Crippen LogP contribution is 2.35. The summed E-state index contributed by atoms with van der Waals surface area (Å²) in [6, 6.07) is 4.65. The Bertz CT molecular complexity index is 816. The molecular formula is C14H9ClN2O4. The van der Waals surface area contributed by atoms with E-state index in [0.717, 1.165) is 0 Å². The minimum Gasteiger partial charge on any atom is -0.462 e. The maximum absolute atomic E-state index is 11.7. The smallest absolute Gasteiger partial charge is 0.338 e. The molecule has 1 N–H and O–H groups in total. The minimum absolute atomic E-state index is 0.0676. The van der Waals surface area contributed by atoms with E-state index in [1.807, 2.05) is 0 Å². The molecule has 0 radical (unpaired) electrons. The monoisotopic (exact) mass is 304 g/mol. The van der Waals surface area contributed by atoms with E-state index < -0.39 is 17.7 Å². The summed E-state index contributed by atoms with van der Waals surface area (Å²) in [5.74, 6) is -1.92. The normalized spacial score (nSPS) is 13.2. The number of ketones is 1. The van der Waals surface area contributed by atoms with Crippen LogP contribution in [-0.4, -0.2) is 29.3 Å². The van der Waals surface area contributed by atoms with Gasteiger partial charge in [-0.2, -0.15) is 0 Å². The predicted octanol–water partition coefficient (Wildman–Crippen LogP) is 2.20. The molecule has 1 aliphatic rings. The van der Waals surface area contributed by atoms with Gasteiger partial charge < -0.3 is 10.1 Å². The molecule has 106 valence electrons. The molecule has 6 nitrogen and oxygen atoms in total. The number of hydrogen-bond donors (Lipinski definition) is 1. The molecule has 3 rings (SSSR count). The lowest BCUT2D eigenvalue weighted by molar-refractivity contribution is -0.112. The van der Waals surface area contributed by atoms with Gasteiger partial charge in [-0.3, -0.25) is 9.59 Å². The first-order valence-electron chi connectivity index (χ1n) is 6.19. The summed E-state index contributed by atoms with van der Waals surface area (Å²) < 4.78 is 4.91. The van der Waals surface area contributed by atoms with Crippen LogP contribution in [0.5, 0.6) is 0 Å². The van der Waals surface area contributed by atoms with Crippen molar-refractivity contribution in [2.75, 3.05) is 11.9 Å². The summed E-state index contributed by atoms with van der Waals surface area (Å²) in [4.78, 5) is 39.0. The zero-order valence-electron chi connectivity index (χ0n) is 10.9. The number of anilines is 1. The zero-order chi connectivity index (χ0) is 15.1. The molecule has 0 fully saturated rings. The number of halogens is 1. The third kappa shape index (κ3) is 2.04. The fraction of sp³-hybridized carbons (Fsp3) is 0.143. The van der Waals surface area contributed by atoms with E-state index in [1.54, 1.807) is 19.1 Å². The van der Waals surface area contributed by atoms with Gasteiger partial charge >= 0.3 is 5.97 Å². The van der Waals surface area contributed by atoms with E-state index in [1.165, 1.54) is 6.07 Å². The minimum atomic E-state index is -0.740. The Balaban J connectivity index is 2.20. The third-order valence-corrected chi connectivity index (χ3v) is 3.40. The number of nitrogens with one attached hydrogen (secondary N) is 1. The standard InChI is InChI=1S/C14H9ClN2O4/c1-2-21-14(20)6-3-4-7-8(5-6)16-12(15)9-10(7)17-13(19)11(9)18/h3-5H,2H2,1H3,(H,17,18,19). The Morgan fingerprint density at radius 2 is 2.14 bits per heavy atom. The molecular weight excluding hydrogens is 296 g/mol. The molecule has 0 aliphatic carbocycles. The van der Waals surface area contributed by atoms with Crippen LogP contribution in [0.4, 0.5) is 5.69 Å². The largest absolute Gasteiger partial charge is 0.462 e. The molecule has 7 heteroatoms. The maximum Gasteiger partial charge on any atom is 0.338 e. The number of pyridine rings is 1. The van der Waals surface area contributed by atoms with Crippen molar-refractivity contribution in [3.8, 4) is 0 Å². The van der Waals surface area contributed by atoms with Crippen LogP contribution in [0, 0.1) is 0 Å². The van der Waals surface area contributed by atoms with Gasteiger partial charge in [0.2, 0.25) is 0 Å². The molecule has 0 spiro atoms. The van der Waals surface area contributed by atoms with Crippen LogP contribution in [0.15, 0.2) is 18.2 Å². The van der Waals surface area contributed by atoms with Crippen LogP contribution in [0.1, 0.15) is 27.6 Å². The quantitative estimate of drug-likeness (QED) is 0.522.